The summed E-state index contributed by atoms with van der Waals surface area (Å²) in [4.78, 5) is 29.0. The van der Waals surface area contributed by atoms with E-state index in [4.69, 9.17) is 4.74 Å². The fraction of sp³-hybridized carbons (Fsp3) is 0.615. The van der Waals surface area contributed by atoms with E-state index in [1.165, 1.54) is 18.4 Å². The Bertz CT molecular complexity index is 461. The molecule has 20 heavy (non-hydrogen) atoms. The summed E-state index contributed by atoms with van der Waals surface area (Å²) in [6.45, 7) is 5.04. The molecule has 1 rings (SSSR count). The van der Waals surface area contributed by atoms with Crippen molar-refractivity contribution < 1.29 is 19.1 Å². The lowest BCUT2D eigenvalue weighted by Gasteiger charge is -2.18. The average molecular weight is 300 g/mol. The number of rotatable bonds is 7. The number of methoxy groups -OCH3 is 1. The van der Waals surface area contributed by atoms with Gasteiger partial charge in [0.1, 0.15) is 0 Å². The van der Waals surface area contributed by atoms with Crippen LogP contribution in [0, 0.1) is 5.92 Å². The number of esters is 2. The Balaban J connectivity index is 2.52. The van der Waals surface area contributed by atoms with Gasteiger partial charge in [0.25, 0.3) is 0 Å². The van der Waals surface area contributed by atoms with Gasteiger partial charge in [-0.1, -0.05) is 6.92 Å². The van der Waals surface area contributed by atoms with E-state index < -0.39 is 5.97 Å². The molecule has 0 aliphatic heterocycles. The van der Waals surface area contributed by atoms with E-state index in [1.807, 2.05) is 24.3 Å². The highest BCUT2D eigenvalue weighted by molar-refractivity contribution is 7.11. The van der Waals surface area contributed by atoms with E-state index in [0.717, 1.165) is 5.69 Å². The van der Waals surface area contributed by atoms with Crippen LogP contribution in [0.2, 0.25) is 0 Å². The first-order valence-electron chi connectivity index (χ1n) is 6.35. The number of thiazole rings is 1. The second-order valence-electron chi connectivity index (χ2n) is 4.49. The monoisotopic (exact) mass is 300 g/mol. The zero-order valence-electron chi connectivity index (χ0n) is 12.2. The first kappa shape index (κ1) is 16.6. The third-order valence-corrected chi connectivity index (χ3v) is 3.49. The van der Waals surface area contributed by atoms with Crippen LogP contribution in [-0.4, -0.2) is 49.1 Å². The molecule has 112 valence electrons. The number of ether oxygens (including phenoxy) is 2. The van der Waals surface area contributed by atoms with E-state index in [9.17, 15) is 9.59 Å². The van der Waals surface area contributed by atoms with Crippen molar-refractivity contribution in [1.29, 1.82) is 0 Å². The van der Waals surface area contributed by atoms with Crippen molar-refractivity contribution in [2.24, 2.45) is 5.92 Å². The highest BCUT2D eigenvalue weighted by Crippen LogP contribution is 2.13. The predicted octanol–water partition coefficient (Wildman–Crippen LogP) is 1.56. The highest BCUT2D eigenvalue weighted by Gasteiger charge is 2.17. The first-order valence-corrected chi connectivity index (χ1v) is 7.23. The van der Waals surface area contributed by atoms with Crippen LogP contribution in [-0.2, 0) is 20.8 Å². The Morgan fingerprint density at radius 3 is 2.80 bits per heavy atom. The summed E-state index contributed by atoms with van der Waals surface area (Å²) in [5.74, 6) is -0.829. The second-order valence-corrected chi connectivity index (χ2v) is 5.34. The minimum absolute atomic E-state index is 0.201. The Hall–Kier alpha value is -1.47. The van der Waals surface area contributed by atoms with E-state index in [1.54, 1.807) is 6.92 Å². The number of hydrogen-bond acceptors (Lipinski definition) is 7. The van der Waals surface area contributed by atoms with E-state index >= 15 is 0 Å². The third kappa shape index (κ3) is 4.90. The standard InChI is InChI=1S/C13H20N2O4S/c1-5-19-13(17)11-14-10(8-20-11)7-15(3)6-9(2)12(16)18-4/h8-9H,5-7H2,1-4H3. The van der Waals surface area contributed by atoms with E-state index in [-0.39, 0.29) is 11.9 Å². The molecular weight excluding hydrogens is 280 g/mol. The first-order chi connectivity index (χ1) is 9.47. The van der Waals surface area contributed by atoms with Gasteiger partial charge in [-0.2, -0.15) is 0 Å². The molecule has 0 saturated carbocycles. The van der Waals surface area contributed by atoms with Crippen molar-refractivity contribution in [2.45, 2.75) is 20.4 Å². The van der Waals surface area contributed by atoms with Gasteiger partial charge in [-0.25, -0.2) is 9.78 Å². The van der Waals surface area contributed by atoms with Gasteiger partial charge < -0.3 is 9.47 Å². The zero-order chi connectivity index (χ0) is 15.1. The fourth-order valence-corrected chi connectivity index (χ4v) is 2.45. The largest absolute Gasteiger partial charge is 0.469 e. The number of carbonyl (C=O) groups is 2. The van der Waals surface area contributed by atoms with Crippen molar-refractivity contribution in [3.8, 4) is 0 Å². The summed E-state index contributed by atoms with van der Waals surface area (Å²) < 4.78 is 9.58. The zero-order valence-corrected chi connectivity index (χ0v) is 13.0. The number of hydrogen-bond donors (Lipinski definition) is 0. The number of aromatic nitrogens is 1. The van der Waals surface area contributed by atoms with Crippen LogP contribution < -0.4 is 0 Å². The van der Waals surface area contributed by atoms with Crippen LogP contribution in [0.3, 0.4) is 0 Å². The van der Waals surface area contributed by atoms with Crippen molar-refractivity contribution in [3.05, 3.63) is 16.1 Å². The van der Waals surface area contributed by atoms with Crippen LogP contribution >= 0.6 is 11.3 Å². The molecular formula is C13H20N2O4S. The molecule has 0 spiro atoms. The molecule has 0 bridgehead atoms. The molecule has 0 saturated heterocycles. The van der Waals surface area contributed by atoms with Crippen LogP contribution in [0.5, 0.6) is 0 Å². The van der Waals surface area contributed by atoms with Crippen LogP contribution in [0.1, 0.15) is 29.3 Å². The maximum atomic E-state index is 11.5. The molecule has 0 amide bonds. The van der Waals surface area contributed by atoms with E-state index in [0.29, 0.717) is 24.7 Å². The molecule has 1 unspecified atom stereocenters. The Morgan fingerprint density at radius 1 is 1.50 bits per heavy atom. The van der Waals surface area contributed by atoms with Crippen molar-refractivity contribution in [2.75, 3.05) is 27.3 Å². The van der Waals surface area contributed by atoms with Gasteiger partial charge in [-0.15, -0.1) is 11.3 Å². The topological polar surface area (TPSA) is 68.7 Å². The lowest BCUT2D eigenvalue weighted by atomic mass is 10.2. The summed E-state index contributed by atoms with van der Waals surface area (Å²) in [5, 5.41) is 2.18. The highest BCUT2D eigenvalue weighted by atomic mass is 32.1. The van der Waals surface area contributed by atoms with Gasteiger partial charge in [0.2, 0.25) is 5.01 Å². The maximum absolute atomic E-state index is 11.5. The van der Waals surface area contributed by atoms with Crippen molar-refractivity contribution in [3.63, 3.8) is 0 Å². The van der Waals surface area contributed by atoms with Crippen LogP contribution in [0.25, 0.3) is 0 Å². The van der Waals surface area contributed by atoms with Crippen LogP contribution in [0.4, 0.5) is 0 Å². The molecule has 7 heteroatoms. The summed E-state index contributed by atoms with van der Waals surface area (Å²) in [6, 6.07) is 0. The second kappa shape index (κ2) is 7.96. The van der Waals surface area contributed by atoms with Gasteiger partial charge in [-0.3, -0.25) is 9.69 Å². The normalized spacial score (nSPS) is 12.2. The summed E-state index contributed by atoms with van der Waals surface area (Å²) in [7, 11) is 3.27. The molecule has 1 atom stereocenters. The van der Waals surface area contributed by atoms with E-state index in [2.05, 4.69) is 9.72 Å². The summed E-state index contributed by atoms with van der Waals surface area (Å²) in [5.41, 5.74) is 0.789. The minimum Gasteiger partial charge on any atom is -0.469 e. The summed E-state index contributed by atoms with van der Waals surface area (Å²) in [6.07, 6.45) is 0. The van der Waals surface area contributed by atoms with Gasteiger partial charge >= 0.3 is 11.9 Å². The molecule has 0 radical (unpaired) electrons. The molecule has 1 heterocycles. The van der Waals surface area contributed by atoms with Gasteiger partial charge in [0.05, 0.1) is 25.3 Å². The number of nitrogens with zero attached hydrogens (tertiary/aromatic N) is 2. The molecule has 1 aromatic heterocycles. The summed E-state index contributed by atoms with van der Waals surface area (Å²) >= 11 is 1.27. The molecule has 0 fully saturated rings. The molecule has 0 N–H and O–H groups in total. The van der Waals surface area contributed by atoms with Crippen LogP contribution in [0.15, 0.2) is 5.38 Å². The SMILES string of the molecule is CCOC(=O)c1nc(CN(C)CC(C)C(=O)OC)cs1. The molecule has 0 aliphatic rings. The molecule has 0 aromatic carbocycles. The van der Waals surface area contributed by atoms with Crippen molar-refractivity contribution >= 4 is 23.3 Å². The third-order valence-electron chi connectivity index (χ3n) is 2.62. The predicted molar refractivity (Wildman–Crippen MR) is 75.6 cm³/mol. The van der Waals surface area contributed by atoms with Gasteiger partial charge in [-0.05, 0) is 14.0 Å². The number of carbonyl (C=O) groups excluding carboxylic acids is 2. The van der Waals surface area contributed by atoms with Crippen molar-refractivity contribution in [1.82, 2.24) is 9.88 Å². The van der Waals surface area contributed by atoms with Gasteiger partial charge in [0.15, 0.2) is 0 Å². The maximum Gasteiger partial charge on any atom is 0.367 e. The molecule has 1 aromatic rings. The fourth-order valence-electron chi connectivity index (χ4n) is 1.75. The van der Waals surface area contributed by atoms with Gasteiger partial charge in [0, 0.05) is 18.5 Å². The Morgan fingerprint density at radius 2 is 2.20 bits per heavy atom. The average Bonchev–Trinajstić information content (AvgIpc) is 2.86. The smallest absolute Gasteiger partial charge is 0.367 e. The Kier molecular flexibility index (Phi) is 6.60. The lowest BCUT2D eigenvalue weighted by Crippen LogP contribution is -2.29. The molecule has 0 aliphatic carbocycles. The minimum atomic E-state index is -0.394. The lowest BCUT2D eigenvalue weighted by molar-refractivity contribution is -0.145. The molecule has 6 nitrogen and oxygen atoms in total. The quantitative estimate of drug-likeness (QED) is 0.712. The Labute approximate surface area is 122 Å².